The van der Waals surface area contributed by atoms with Crippen LogP contribution < -0.4 is 4.90 Å². The number of likely N-dealkylation sites (tertiary alicyclic amines) is 1. The molecule has 0 bridgehead atoms. The van der Waals surface area contributed by atoms with Crippen molar-refractivity contribution in [2.45, 2.75) is 28.5 Å². The third-order valence-electron chi connectivity index (χ3n) is 8.63. The van der Waals surface area contributed by atoms with Crippen LogP contribution in [0.15, 0.2) is 54.1 Å². The predicted octanol–water partition coefficient (Wildman–Crippen LogP) is 4.15. The van der Waals surface area contributed by atoms with Crippen molar-refractivity contribution in [3.8, 4) is 5.75 Å². The van der Waals surface area contributed by atoms with Gasteiger partial charge in [0.2, 0.25) is 11.8 Å². The summed E-state index contributed by atoms with van der Waals surface area (Å²) in [6, 6.07) is 9.24. The maximum atomic E-state index is 13.9. The number of halogens is 3. The van der Waals surface area contributed by atoms with E-state index in [1.807, 2.05) is 0 Å². The van der Waals surface area contributed by atoms with Gasteiger partial charge < -0.3 is 5.11 Å². The first kappa shape index (κ1) is 26.7. The smallest absolute Gasteiger partial charge is 0.269 e. The fraction of sp³-hybridized carbons (Fsp3) is 0.333. The molecule has 6 rings (SSSR count). The van der Waals surface area contributed by atoms with Crippen molar-refractivity contribution in [3.63, 3.8) is 0 Å². The molecule has 6 unspecified atom stereocenters. The van der Waals surface area contributed by atoms with Crippen LogP contribution in [0.4, 0.5) is 11.4 Å². The summed E-state index contributed by atoms with van der Waals surface area (Å²) >= 11 is 20.7. The lowest BCUT2D eigenvalue weighted by Crippen LogP contribution is -2.60. The van der Waals surface area contributed by atoms with E-state index in [1.165, 1.54) is 49.5 Å². The number of amides is 4. The van der Waals surface area contributed by atoms with Crippen molar-refractivity contribution in [3.05, 3.63) is 74.8 Å². The standard InChI is InChI=1S/C27H20Cl3N3O7/c1-31-24(37)26(29)11-18-15(21(27(26,30)25(31)38)16-7-6-14(34)10-19(16)28)8-9-17-20(18)23(36)32(22(17)35)12-2-4-13(5-3-12)33(39)40/h2-8,10,17-18,20-21,34H,9,11H2,1H3. The molecule has 6 atom stereocenters. The Balaban J connectivity index is 1.49. The van der Waals surface area contributed by atoms with Crippen molar-refractivity contribution in [2.75, 3.05) is 11.9 Å². The van der Waals surface area contributed by atoms with E-state index in [-0.39, 0.29) is 35.0 Å². The number of hydrogen-bond acceptors (Lipinski definition) is 7. The number of hydrogen-bond donors (Lipinski definition) is 1. The molecule has 0 aromatic heterocycles. The Labute approximate surface area is 242 Å². The van der Waals surface area contributed by atoms with Crippen LogP contribution in [0.1, 0.15) is 24.3 Å². The Bertz CT molecular complexity index is 1580. The Hall–Kier alpha value is -3.47. The van der Waals surface area contributed by atoms with E-state index in [9.17, 15) is 34.4 Å². The number of benzene rings is 2. The van der Waals surface area contributed by atoms with Gasteiger partial charge in [0.25, 0.3) is 17.5 Å². The first-order valence-electron chi connectivity index (χ1n) is 12.3. The number of carbonyl (C=O) groups excluding carboxylic acids is 4. The Morgan fingerprint density at radius 2 is 1.68 bits per heavy atom. The molecule has 2 heterocycles. The monoisotopic (exact) mass is 603 g/mol. The molecule has 2 saturated heterocycles. The molecular weight excluding hydrogens is 585 g/mol. The lowest BCUT2D eigenvalue weighted by molar-refractivity contribution is -0.384. The zero-order valence-electron chi connectivity index (χ0n) is 20.7. The van der Waals surface area contributed by atoms with Gasteiger partial charge in [0.1, 0.15) is 5.75 Å². The molecule has 4 amide bonds. The minimum absolute atomic E-state index is 0.0869. The lowest BCUT2D eigenvalue weighted by Gasteiger charge is -2.51. The minimum Gasteiger partial charge on any atom is -0.508 e. The van der Waals surface area contributed by atoms with Gasteiger partial charge in [-0.25, -0.2) is 0 Å². The number of fused-ring (bicyclic) bond motifs is 4. The van der Waals surface area contributed by atoms with Crippen LogP contribution in [-0.2, 0) is 19.2 Å². The number of carbonyl (C=O) groups is 4. The van der Waals surface area contributed by atoms with Gasteiger partial charge in [-0.3, -0.25) is 39.1 Å². The number of nitro benzene ring substituents is 1. The SMILES string of the molecule is CN1C(=O)C2(Cl)CC3C(=CCC4C(=O)N(c5ccc([N+](=O)[O-])cc5)C(=O)C43)C(c3ccc(O)cc3Cl)C2(Cl)C1=O. The summed E-state index contributed by atoms with van der Waals surface area (Å²) in [6.45, 7) is 0. The van der Waals surface area contributed by atoms with E-state index < -0.39 is 62.0 Å². The van der Waals surface area contributed by atoms with Gasteiger partial charge in [0.15, 0.2) is 9.75 Å². The van der Waals surface area contributed by atoms with Crippen LogP contribution in [0, 0.1) is 27.9 Å². The van der Waals surface area contributed by atoms with E-state index in [2.05, 4.69) is 0 Å². The molecule has 2 aromatic rings. The summed E-state index contributed by atoms with van der Waals surface area (Å²) in [7, 11) is 1.29. The van der Waals surface area contributed by atoms with Crippen LogP contribution in [0.3, 0.4) is 0 Å². The van der Waals surface area contributed by atoms with Crippen LogP contribution >= 0.6 is 34.8 Å². The molecule has 206 valence electrons. The average Bonchev–Trinajstić information content (AvgIpc) is 3.24. The third-order valence-corrected chi connectivity index (χ3v) is 10.4. The highest BCUT2D eigenvalue weighted by molar-refractivity contribution is 6.53. The Morgan fingerprint density at radius 1 is 1.00 bits per heavy atom. The third kappa shape index (κ3) is 3.30. The summed E-state index contributed by atoms with van der Waals surface area (Å²) in [6.07, 6.45) is 1.73. The molecule has 40 heavy (non-hydrogen) atoms. The Morgan fingerprint density at radius 3 is 2.30 bits per heavy atom. The first-order valence-corrected chi connectivity index (χ1v) is 13.5. The van der Waals surface area contributed by atoms with Crippen molar-refractivity contribution in [1.29, 1.82) is 0 Å². The van der Waals surface area contributed by atoms with Gasteiger partial charge in [-0.1, -0.05) is 29.3 Å². The number of allylic oxidation sites excluding steroid dienone is 2. The number of nitro groups is 1. The van der Waals surface area contributed by atoms with Crippen molar-refractivity contribution in [2.24, 2.45) is 17.8 Å². The van der Waals surface area contributed by atoms with E-state index in [0.717, 1.165) is 9.80 Å². The summed E-state index contributed by atoms with van der Waals surface area (Å²) in [4.78, 5) is 62.9. The summed E-state index contributed by atoms with van der Waals surface area (Å²) in [5.41, 5.74) is 0.892. The van der Waals surface area contributed by atoms with Gasteiger partial charge >= 0.3 is 0 Å². The second kappa shape index (κ2) is 8.76. The topological polar surface area (TPSA) is 138 Å². The molecule has 1 saturated carbocycles. The quantitative estimate of drug-likeness (QED) is 0.183. The highest BCUT2D eigenvalue weighted by Gasteiger charge is 2.76. The number of non-ortho nitro benzene ring substituents is 1. The van der Waals surface area contributed by atoms with Crippen LogP contribution in [0.25, 0.3) is 0 Å². The van der Waals surface area contributed by atoms with Crippen molar-refractivity contribution >= 4 is 69.8 Å². The fourth-order valence-corrected chi connectivity index (χ4v) is 8.11. The van der Waals surface area contributed by atoms with Crippen LogP contribution in [0.5, 0.6) is 5.75 Å². The number of phenolic OH excluding ortho intramolecular Hbond substituents is 1. The zero-order valence-corrected chi connectivity index (χ0v) is 23.0. The number of rotatable bonds is 3. The predicted molar refractivity (Wildman–Crippen MR) is 144 cm³/mol. The molecule has 2 aliphatic carbocycles. The molecular formula is C27H20Cl3N3O7. The number of phenols is 1. The lowest BCUT2D eigenvalue weighted by atomic mass is 9.56. The second-order valence-corrected chi connectivity index (χ2v) is 12.1. The van der Waals surface area contributed by atoms with Gasteiger partial charge in [-0.2, -0.15) is 0 Å². The second-order valence-electron chi connectivity index (χ2n) is 10.5. The normalized spacial score (nSPS) is 33.0. The molecule has 3 fully saturated rings. The maximum absolute atomic E-state index is 13.9. The van der Waals surface area contributed by atoms with Crippen molar-refractivity contribution < 1.29 is 29.2 Å². The molecule has 0 spiro atoms. The molecule has 1 N–H and O–H groups in total. The maximum Gasteiger partial charge on any atom is 0.269 e. The molecule has 10 nitrogen and oxygen atoms in total. The van der Waals surface area contributed by atoms with Crippen LogP contribution in [-0.4, -0.2) is 55.4 Å². The van der Waals surface area contributed by atoms with E-state index in [0.29, 0.717) is 11.1 Å². The Kier molecular flexibility index (Phi) is 5.86. The minimum atomic E-state index is -1.99. The average molecular weight is 605 g/mol. The van der Waals surface area contributed by atoms with Crippen LogP contribution in [0.2, 0.25) is 5.02 Å². The van der Waals surface area contributed by atoms with E-state index >= 15 is 0 Å². The number of nitrogens with zero attached hydrogens (tertiary/aromatic N) is 3. The largest absolute Gasteiger partial charge is 0.508 e. The summed E-state index contributed by atoms with van der Waals surface area (Å²) in [5.74, 6) is -6.07. The highest BCUT2D eigenvalue weighted by atomic mass is 35.5. The highest BCUT2D eigenvalue weighted by Crippen LogP contribution is 2.66. The molecule has 0 radical (unpaired) electrons. The molecule has 2 aromatic carbocycles. The zero-order chi connectivity index (χ0) is 28.9. The summed E-state index contributed by atoms with van der Waals surface area (Å²) < 4.78 is 0. The van der Waals surface area contributed by atoms with Gasteiger partial charge in [-0.15, -0.1) is 23.2 Å². The molecule has 4 aliphatic rings. The van der Waals surface area contributed by atoms with Gasteiger partial charge in [0, 0.05) is 30.1 Å². The number of alkyl halides is 2. The molecule has 13 heteroatoms. The fourth-order valence-electron chi connectivity index (χ4n) is 6.82. The summed E-state index contributed by atoms with van der Waals surface area (Å²) in [5, 5.41) is 21.1. The van der Waals surface area contributed by atoms with E-state index in [4.69, 9.17) is 34.8 Å². The number of aromatic hydroxyl groups is 1. The number of imide groups is 2. The van der Waals surface area contributed by atoms with Gasteiger partial charge in [0.05, 0.1) is 22.4 Å². The first-order chi connectivity index (χ1) is 18.8. The van der Waals surface area contributed by atoms with Gasteiger partial charge in [-0.05, 0) is 48.6 Å². The van der Waals surface area contributed by atoms with E-state index in [1.54, 1.807) is 6.08 Å². The molecule has 2 aliphatic heterocycles. The van der Waals surface area contributed by atoms with Crippen molar-refractivity contribution in [1.82, 2.24) is 4.90 Å². The number of anilines is 1.